The summed E-state index contributed by atoms with van der Waals surface area (Å²) in [6.45, 7) is 11.1. The molecule has 1 fully saturated rings. The highest BCUT2D eigenvalue weighted by Crippen LogP contribution is 2.27. The lowest BCUT2D eigenvalue weighted by molar-refractivity contribution is 0.338. The molecule has 0 saturated carbocycles. The second-order valence-electron chi connectivity index (χ2n) is 4.74. The molecule has 0 spiro atoms. The molecule has 90 valence electrons. The normalized spacial score (nSPS) is 15.4. The number of hydrogen-bond donors (Lipinski definition) is 0. The van der Waals surface area contributed by atoms with Gasteiger partial charge in [-0.15, -0.1) is 0 Å². The highest BCUT2D eigenvalue weighted by Gasteiger charge is 2.26. The van der Waals surface area contributed by atoms with Crippen LogP contribution in [0.25, 0.3) is 0 Å². The molecule has 1 aromatic carbocycles. The minimum absolute atomic E-state index is 0.845. The molecule has 1 nitrogen and oxygen atoms in total. The smallest absolute Gasteiger partial charge is 0.0366 e. The first-order chi connectivity index (χ1) is 7.75. The Kier molecular flexibility index (Phi) is 5.37. The summed E-state index contributed by atoms with van der Waals surface area (Å²) in [5.41, 5.74) is 1.38. The van der Waals surface area contributed by atoms with Gasteiger partial charge in [-0.25, -0.2) is 0 Å². The van der Waals surface area contributed by atoms with Crippen LogP contribution in [0.4, 0.5) is 5.69 Å². The Bertz CT molecular complexity index is 273. The van der Waals surface area contributed by atoms with Crippen LogP contribution >= 0.6 is 0 Å². The van der Waals surface area contributed by atoms with Gasteiger partial charge in [0.15, 0.2) is 0 Å². The highest BCUT2D eigenvalue weighted by atomic mass is 15.2. The fourth-order valence-electron chi connectivity index (χ4n) is 2.24. The quantitative estimate of drug-likeness (QED) is 0.736. The summed E-state index contributed by atoms with van der Waals surface area (Å²) in [5.74, 6) is 1.77. The van der Waals surface area contributed by atoms with E-state index in [9.17, 15) is 0 Å². The standard InChI is InChI=1S/C13H19N.C2H6/c1-11(2)8-12-9-14(10-12)13-6-4-3-5-7-13;1-2/h3-7,11-12H,8-10H2,1-2H3;1-2H3. The van der Waals surface area contributed by atoms with Crippen molar-refractivity contribution >= 4 is 5.69 Å². The van der Waals surface area contributed by atoms with Crippen molar-refractivity contribution in [1.82, 2.24) is 0 Å². The second kappa shape index (κ2) is 6.57. The van der Waals surface area contributed by atoms with E-state index in [0.717, 1.165) is 11.8 Å². The third-order valence-electron chi connectivity index (χ3n) is 2.88. The van der Waals surface area contributed by atoms with E-state index in [4.69, 9.17) is 0 Å². The van der Waals surface area contributed by atoms with Crippen molar-refractivity contribution in [2.45, 2.75) is 34.1 Å². The lowest BCUT2D eigenvalue weighted by atomic mass is 9.90. The molecule has 1 aliphatic rings. The minimum atomic E-state index is 0.845. The van der Waals surface area contributed by atoms with E-state index in [-0.39, 0.29) is 0 Å². The van der Waals surface area contributed by atoms with E-state index in [1.54, 1.807) is 0 Å². The van der Waals surface area contributed by atoms with Gasteiger partial charge in [0, 0.05) is 18.8 Å². The number of anilines is 1. The first kappa shape index (κ1) is 13.1. The zero-order valence-electron chi connectivity index (χ0n) is 11.1. The summed E-state index contributed by atoms with van der Waals surface area (Å²) in [6, 6.07) is 10.7. The first-order valence-corrected chi connectivity index (χ1v) is 6.55. The van der Waals surface area contributed by atoms with Gasteiger partial charge in [0.05, 0.1) is 0 Å². The van der Waals surface area contributed by atoms with Gasteiger partial charge in [0.1, 0.15) is 0 Å². The van der Waals surface area contributed by atoms with Crippen LogP contribution in [0.2, 0.25) is 0 Å². The van der Waals surface area contributed by atoms with Crippen molar-refractivity contribution in [3.8, 4) is 0 Å². The number of benzene rings is 1. The molecule has 16 heavy (non-hydrogen) atoms. The summed E-state index contributed by atoms with van der Waals surface area (Å²) >= 11 is 0. The molecule has 2 rings (SSSR count). The molecule has 0 bridgehead atoms. The lowest BCUT2D eigenvalue weighted by Gasteiger charge is -2.42. The van der Waals surface area contributed by atoms with E-state index in [1.807, 2.05) is 13.8 Å². The van der Waals surface area contributed by atoms with Gasteiger partial charge >= 0.3 is 0 Å². The second-order valence-corrected chi connectivity index (χ2v) is 4.74. The van der Waals surface area contributed by atoms with E-state index in [2.05, 4.69) is 49.1 Å². The van der Waals surface area contributed by atoms with Crippen LogP contribution in [-0.4, -0.2) is 13.1 Å². The van der Waals surface area contributed by atoms with Gasteiger partial charge in [0.25, 0.3) is 0 Å². The first-order valence-electron chi connectivity index (χ1n) is 6.55. The maximum Gasteiger partial charge on any atom is 0.0366 e. The number of nitrogens with zero attached hydrogens (tertiary/aromatic N) is 1. The molecule has 1 heterocycles. The van der Waals surface area contributed by atoms with Gasteiger partial charge in [-0.3, -0.25) is 0 Å². The van der Waals surface area contributed by atoms with Gasteiger partial charge in [-0.2, -0.15) is 0 Å². The Morgan fingerprint density at radius 3 is 2.19 bits per heavy atom. The summed E-state index contributed by atoms with van der Waals surface area (Å²) in [5, 5.41) is 0. The number of rotatable bonds is 3. The Balaban J connectivity index is 0.000000606. The molecule has 0 aromatic heterocycles. The molecular weight excluding hydrogens is 194 g/mol. The zero-order chi connectivity index (χ0) is 12.0. The third kappa shape index (κ3) is 3.55. The summed E-state index contributed by atoms with van der Waals surface area (Å²) in [6.07, 6.45) is 1.38. The molecule has 1 saturated heterocycles. The summed E-state index contributed by atoms with van der Waals surface area (Å²) in [4.78, 5) is 2.47. The Hall–Kier alpha value is -0.980. The SMILES string of the molecule is CC.CC(C)CC1CN(c2ccccc2)C1. The fourth-order valence-corrected chi connectivity index (χ4v) is 2.24. The monoisotopic (exact) mass is 219 g/mol. The predicted molar refractivity (Wildman–Crippen MR) is 72.9 cm³/mol. The van der Waals surface area contributed by atoms with Crippen LogP contribution in [0.1, 0.15) is 34.1 Å². The molecule has 0 radical (unpaired) electrons. The van der Waals surface area contributed by atoms with Crippen LogP contribution < -0.4 is 4.90 Å². The van der Waals surface area contributed by atoms with Crippen LogP contribution in [-0.2, 0) is 0 Å². The molecule has 1 heteroatoms. The molecule has 0 atom stereocenters. The van der Waals surface area contributed by atoms with Crippen molar-refractivity contribution < 1.29 is 0 Å². The molecule has 0 amide bonds. The third-order valence-corrected chi connectivity index (χ3v) is 2.88. The zero-order valence-corrected chi connectivity index (χ0v) is 11.1. The van der Waals surface area contributed by atoms with Crippen molar-refractivity contribution in [1.29, 1.82) is 0 Å². The van der Waals surface area contributed by atoms with Crippen molar-refractivity contribution in [2.75, 3.05) is 18.0 Å². The molecular formula is C15H25N. The van der Waals surface area contributed by atoms with Crippen LogP contribution in [0, 0.1) is 11.8 Å². The molecule has 1 aliphatic heterocycles. The fraction of sp³-hybridized carbons (Fsp3) is 0.600. The van der Waals surface area contributed by atoms with E-state index in [1.165, 1.54) is 25.2 Å². The van der Waals surface area contributed by atoms with Gasteiger partial charge in [0.2, 0.25) is 0 Å². The van der Waals surface area contributed by atoms with Crippen LogP contribution in [0.3, 0.4) is 0 Å². The number of hydrogen-bond acceptors (Lipinski definition) is 1. The average molecular weight is 219 g/mol. The molecule has 0 aliphatic carbocycles. The Labute approximate surface area is 100 Å². The van der Waals surface area contributed by atoms with E-state index >= 15 is 0 Å². The summed E-state index contributed by atoms with van der Waals surface area (Å²) in [7, 11) is 0. The molecule has 0 N–H and O–H groups in total. The Morgan fingerprint density at radius 2 is 1.69 bits per heavy atom. The maximum atomic E-state index is 2.47. The minimum Gasteiger partial charge on any atom is -0.371 e. The molecule has 1 aromatic rings. The highest BCUT2D eigenvalue weighted by molar-refractivity contribution is 5.48. The van der Waals surface area contributed by atoms with Gasteiger partial charge in [-0.1, -0.05) is 45.9 Å². The van der Waals surface area contributed by atoms with E-state index < -0.39 is 0 Å². The van der Waals surface area contributed by atoms with Crippen molar-refractivity contribution in [3.63, 3.8) is 0 Å². The van der Waals surface area contributed by atoms with E-state index in [0.29, 0.717) is 0 Å². The summed E-state index contributed by atoms with van der Waals surface area (Å²) < 4.78 is 0. The van der Waals surface area contributed by atoms with Crippen LogP contribution in [0.15, 0.2) is 30.3 Å². The van der Waals surface area contributed by atoms with Crippen molar-refractivity contribution in [3.05, 3.63) is 30.3 Å². The van der Waals surface area contributed by atoms with Crippen molar-refractivity contribution in [2.24, 2.45) is 11.8 Å². The largest absolute Gasteiger partial charge is 0.371 e. The molecule has 0 unspecified atom stereocenters. The Morgan fingerprint density at radius 1 is 1.12 bits per heavy atom. The van der Waals surface area contributed by atoms with Crippen LogP contribution in [0.5, 0.6) is 0 Å². The number of para-hydroxylation sites is 1. The average Bonchev–Trinajstić information content (AvgIpc) is 2.26. The predicted octanol–water partition coefficient (Wildman–Crippen LogP) is 4.20. The lowest BCUT2D eigenvalue weighted by Crippen LogP contribution is -2.47. The van der Waals surface area contributed by atoms with Gasteiger partial charge < -0.3 is 4.90 Å². The maximum absolute atomic E-state index is 2.47. The topological polar surface area (TPSA) is 3.24 Å². The van der Waals surface area contributed by atoms with Gasteiger partial charge in [-0.05, 0) is 30.4 Å².